The highest BCUT2D eigenvalue weighted by atomic mass is 16.2. The van der Waals surface area contributed by atoms with Crippen LogP contribution in [0.4, 0.5) is 0 Å². The highest BCUT2D eigenvalue weighted by Gasteiger charge is 2.24. The van der Waals surface area contributed by atoms with Crippen LogP contribution in [0, 0.1) is 5.92 Å². The number of fused-ring (bicyclic) bond motifs is 1. The SMILES string of the molecule is O=C(NCC1CC1)c1ccc2n1CCN(C(=O)CCc1ccc[nH]1)CC2. The van der Waals surface area contributed by atoms with Crippen LogP contribution in [0.3, 0.4) is 0 Å². The molecule has 3 heterocycles. The third kappa shape index (κ3) is 3.84. The average Bonchev–Trinajstić information content (AvgIpc) is 3.24. The first-order valence-electron chi connectivity index (χ1n) is 9.57. The van der Waals surface area contributed by atoms with E-state index in [4.69, 9.17) is 0 Å². The normalized spacial score (nSPS) is 16.8. The Morgan fingerprint density at radius 3 is 2.81 bits per heavy atom. The van der Waals surface area contributed by atoms with E-state index in [2.05, 4.69) is 14.9 Å². The number of hydrogen-bond donors (Lipinski definition) is 2. The monoisotopic (exact) mass is 354 g/mol. The molecule has 0 atom stereocenters. The van der Waals surface area contributed by atoms with E-state index >= 15 is 0 Å². The third-order valence-electron chi connectivity index (χ3n) is 5.41. The van der Waals surface area contributed by atoms with E-state index in [0.717, 1.165) is 43.0 Å². The molecule has 1 aliphatic heterocycles. The van der Waals surface area contributed by atoms with Gasteiger partial charge in [-0.05, 0) is 49.4 Å². The molecule has 1 fully saturated rings. The zero-order valence-corrected chi connectivity index (χ0v) is 15.0. The minimum absolute atomic E-state index is 0.00896. The van der Waals surface area contributed by atoms with Gasteiger partial charge in [-0.2, -0.15) is 0 Å². The van der Waals surface area contributed by atoms with Crippen LogP contribution in [0.15, 0.2) is 30.5 Å². The average molecular weight is 354 g/mol. The van der Waals surface area contributed by atoms with Crippen LogP contribution in [-0.2, 0) is 24.2 Å². The first-order chi connectivity index (χ1) is 12.7. The van der Waals surface area contributed by atoms with Gasteiger partial charge in [0.05, 0.1) is 0 Å². The van der Waals surface area contributed by atoms with E-state index in [9.17, 15) is 9.59 Å². The smallest absolute Gasteiger partial charge is 0.267 e. The number of H-pyrrole nitrogens is 1. The topological polar surface area (TPSA) is 70.1 Å². The van der Waals surface area contributed by atoms with Gasteiger partial charge < -0.3 is 19.8 Å². The molecule has 2 amide bonds. The van der Waals surface area contributed by atoms with Gasteiger partial charge in [-0.15, -0.1) is 0 Å². The molecular weight excluding hydrogens is 328 g/mol. The molecule has 1 aliphatic carbocycles. The minimum atomic E-state index is 0.00896. The fraction of sp³-hybridized carbons (Fsp3) is 0.500. The molecule has 138 valence electrons. The number of nitrogens with one attached hydrogen (secondary N) is 2. The fourth-order valence-electron chi connectivity index (χ4n) is 3.59. The molecule has 0 bridgehead atoms. The van der Waals surface area contributed by atoms with E-state index in [1.54, 1.807) is 0 Å². The number of amides is 2. The van der Waals surface area contributed by atoms with Gasteiger partial charge in [-0.1, -0.05) is 0 Å². The van der Waals surface area contributed by atoms with Crippen molar-refractivity contribution >= 4 is 11.8 Å². The van der Waals surface area contributed by atoms with Crippen LogP contribution in [0.1, 0.15) is 41.1 Å². The molecule has 4 rings (SSSR count). The zero-order chi connectivity index (χ0) is 17.9. The van der Waals surface area contributed by atoms with E-state index < -0.39 is 0 Å². The van der Waals surface area contributed by atoms with E-state index in [1.807, 2.05) is 35.4 Å². The first-order valence-corrected chi connectivity index (χ1v) is 9.57. The zero-order valence-electron chi connectivity index (χ0n) is 15.0. The van der Waals surface area contributed by atoms with Crippen molar-refractivity contribution in [3.05, 3.63) is 47.5 Å². The van der Waals surface area contributed by atoms with E-state index in [-0.39, 0.29) is 11.8 Å². The summed E-state index contributed by atoms with van der Waals surface area (Å²) in [6, 6.07) is 7.90. The Morgan fingerprint density at radius 2 is 2.04 bits per heavy atom. The molecule has 2 N–H and O–H groups in total. The maximum atomic E-state index is 12.5. The minimum Gasteiger partial charge on any atom is -0.365 e. The Hall–Kier alpha value is -2.50. The summed E-state index contributed by atoms with van der Waals surface area (Å²) in [5.41, 5.74) is 2.96. The van der Waals surface area contributed by atoms with Crippen LogP contribution < -0.4 is 5.32 Å². The van der Waals surface area contributed by atoms with Crippen molar-refractivity contribution in [2.24, 2.45) is 5.92 Å². The number of carbonyl (C=O) groups is 2. The lowest BCUT2D eigenvalue weighted by Crippen LogP contribution is -2.34. The third-order valence-corrected chi connectivity index (χ3v) is 5.41. The maximum absolute atomic E-state index is 12.5. The summed E-state index contributed by atoms with van der Waals surface area (Å²) in [7, 11) is 0. The summed E-state index contributed by atoms with van der Waals surface area (Å²) in [5, 5.41) is 3.04. The second-order valence-corrected chi connectivity index (χ2v) is 7.34. The van der Waals surface area contributed by atoms with Crippen molar-refractivity contribution in [3.8, 4) is 0 Å². The molecule has 2 aromatic rings. The number of hydrogen-bond acceptors (Lipinski definition) is 2. The Labute approximate surface area is 153 Å². The predicted octanol–water partition coefficient (Wildman–Crippen LogP) is 1.97. The second kappa shape index (κ2) is 7.40. The van der Waals surface area contributed by atoms with E-state index in [0.29, 0.717) is 25.4 Å². The standard InChI is InChI=1S/C20H26N4O2/c25-19(8-5-16-2-1-10-21-16)23-11-9-17-6-7-18(24(17)13-12-23)20(26)22-14-15-3-4-15/h1-2,6-7,10,15,21H,3-5,8-9,11-14H2,(H,22,26). The van der Waals surface area contributed by atoms with Crippen molar-refractivity contribution < 1.29 is 9.59 Å². The molecule has 1 saturated carbocycles. The lowest BCUT2D eigenvalue weighted by atomic mass is 10.2. The van der Waals surface area contributed by atoms with Gasteiger partial charge in [0.25, 0.3) is 5.91 Å². The van der Waals surface area contributed by atoms with Gasteiger partial charge in [-0.25, -0.2) is 0 Å². The molecule has 6 heteroatoms. The van der Waals surface area contributed by atoms with Gasteiger partial charge in [-0.3, -0.25) is 9.59 Å². The summed E-state index contributed by atoms with van der Waals surface area (Å²) in [4.78, 5) is 30.1. The van der Waals surface area contributed by atoms with Gasteiger partial charge in [0.15, 0.2) is 0 Å². The van der Waals surface area contributed by atoms with Crippen LogP contribution >= 0.6 is 0 Å². The quantitative estimate of drug-likeness (QED) is 0.833. The Bertz CT molecular complexity index is 774. The molecule has 26 heavy (non-hydrogen) atoms. The summed E-state index contributed by atoms with van der Waals surface area (Å²) in [6.45, 7) is 2.84. The predicted molar refractivity (Wildman–Crippen MR) is 98.9 cm³/mol. The fourth-order valence-corrected chi connectivity index (χ4v) is 3.59. The molecular formula is C20H26N4O2. The molecule has 0 unspecified atom stereocenters. The number of aryl methyl sites for hydroxylation is 1. The van der Waals surface area contributed by atoms with Crippen LogP contribution in [0.2, 0.25) is 0 Å². The van der Waals surface area contributed by atoms with Crippen LogP contribution in [-0.4, -0.2) is 45.9 Å². The van der Waals surface area contributed by atoms with Crippen molar-refractivity contribution in [2.45, 2.75) is 38.6 Å². The lowest BCUT2D eigenvalue weighted by molar-refractivity contribution is -0.131. The van der Waals surface area contributed by atoms with Gasteiger partial charge in [0.2, 0.25) is 5.91 Å². The molecule has 0 radical (unpaired) electrons. The number of carbonyl (C=O) groups excluding carboxylic acids is 2. The van der Waals surface area contributed by atoms with Crippen molar-refractivity contribution in [1.82, 2.24) is 19.8 Å². The summed E-state index contributed by atoms with van der Waals surface area (Å²) in [5.74, 6) is 0.866. The van der Waals surface area contributed by atoms with Gasteiger partial charge >= 0.3 is 0 Å². The Balaban J connectivity index is 1.34. The number of aromatic nitrogens is 2. The van der Waals surface area contributed by atoms with E-state index in [1.165, 1.54) is 12.8 Å². The second-order valence-electron chi connectivity index (χ2n) is 7.34. The van der Waals surface area contributed by atoms with Gasteiger partial charge in [0, 0.05) is 56.6 Å². The van der Waals surface area contributed by atoms with Crippen LogP contribution in [0.5, 0.6) is 0 Å². The summed E-state index contributed by atoms with van der Waals surface area (Å²) < 4.78 is 2.08. The Morgan fingerprint density at radius 1 is 1.15 bits per heavy atom. The number of nitrogens with zero attached hydrogens (tertiary/aromatic N) is 2. The first kappa shape index (κ1) is 16.9. The highest BCUT2D eigenvalue weighted by Crippen LogP contribution is 2.27. The van der Waals surface area contributed by atoms with Crippen molar-refractivity contribution in [2.75, 3.05) is 19.6 Å². The molecule has 0 saturated heterocycles. The lowest BCUT2D eigenvalue weighted by Gasteiger charge is -2.20. The number of aromatic amines is 1. The molecule has 0 aromatic carbocycles. The van der Waals surface area contributed by atoms with Crippen LogP contribution in [0.25, 0.3) is 0 Å². The molecule has 2 aliphatic rings. The molecule has 6 nitrogen and oxygen atoms in total. The molecule has 0 spiro atoms. The van der Waals surface area contributed by atoms with Crippen molar-refractivity contribution in [3.63, 3.8) is 0 Å². The Kier molecular flexibility index (Phi) is 4.82. The highest BCUT2D eigenvalue weighted by molar-refractivity contribution is 5.93. The molecule has 2 aromatic heterocycles. The van der Waals surface area contributed by atoms with Crippen molar-refractivity contribution in [1.29, 1.82) is 0 Å². The van der Waals surface area contributed by atoms with Gasteiger partial charge in [0.1, 0.15) is 5.69 Å². The summed E-state index contributed by atoms with van der Waals surface area (Å²) >= 11 is 0. The largest absolute Gasteiger partial charge is 0.365 e. The number of rotatable bonds is 6. The maximum Gasteiger partial charge on any atom is 0.267 e. The summed E-state index contributed by atoms with van der Waals surface area (Å²) in [6.07, 6.45) is 6.39.